The smallest absolute Gasteiger partial charge is 0.416 e. The van der Waals surface area contributed by atoms with E-state index in [1.807, 2.05) is 37.4 Å². The van der Waals surface area contributed by atoms with Crippen LogP contribution < -0.4 is 20.3 Å². The average molecular weight is 1390 g/mol. The molecule has 1 aromatic heterocycles. The number of aliphatic hydroxyl groups is 2. The number of hydrogen-bond donors (Lipinski definition) is 7. The van der Waals surface area contributed by atoms with Crippen molar-refractivity contribution in [2.75, 3.05) is 69.5 Å². The number of ether oxygens (including phenoxy) is 4. The Labute approximate surface area is 573 Å². The number of ketones is 1. The number of aryl methyl sites for hydroxylation is 1. The molecule has 7 N–H and O–H groups in total. The first kappa shape index (κ1) is 75.3. The molecule has 0 aliphatic carbocycles. The predicted octanol–water partition coefficient (Wildman–Crippen LogP) is 10.00. The van der Waals surface area contributed by atoms with Crippen LogP contribution in [0.15, 0.2) is 130 Å². The third-order valence-electron chi connectivity index (χ3n) is 17.9. The van der Waals surface area contributed by atoms with Gasteiger partial charge in [-0.1, -0.05) is 81.4 Å². The number of esters is 1. The molecule has 3 amide bonds. The molecule has 29 heteroatoms. The van der Waals surface area contributed by atoms with Crippen LogP contribution in [-0.2, 0) is 34.8 Å². The van der Waals surface area contributed by atoms with Gasteiger partial charge in [0.2, 0.25) is 5.91 Å². The van der Waals surface area contributed by atoms with Gasteiger partial charge in [-0.3, -0.25) is 44.1 Å². The number of piperazine rings is 1. The molecule has 26 nitrogen and oxygen atoms in total. The van der Waals surface area contributed by atoms with E-state index in [0.29, 0.717) is 35.8 Å². The highest BCUT2D eigenvalue weighted by molar-refractivity contribution is 6.24. The van der Waals surface area contributed by atoms with E-state index in [0.717, 1.165) is 30.8 Å². The lowest BCUT2D eigenvalue weighted by Crippen LogP contribution is -2.46. The van der Waals surface area contributed by atoms with Crippen molar-refractivity contribution in [1.29, 1.82) is 0 Å². The van der Waals surface area contributed by atoms with Crippen LogP contribution in [0.1, 0.15) is 103 Å². The number of phenols is 3. The van der Waals surface area contributed by atoms with Crippen LogP contribution >= 0.6 is 0 Å². The minimum absolute atomic E-state index is 0.0171. The van der Waals surface area contributed by atoms with Gasteiger partial charge in [0.05, 0.1) is 81.1 Å². The lowest BCUT2D eigenvalue weighted by Gasteiger charge is -2.38. The Kier molecular flexibility index (Phi) is 23.8. The van der Waals surface area contributed by atoms with Crippen LogP contribution in [0, 0.1) is 47.6 Å². The highest BCUT2D eigenvalue weighted by Crippen LogP contribution is 2.55. The van der Waals surface area contributed by atoms with Gasteiger partial charge in [0.25, 0.3) is 23.3 Å². The second kappa shape index (κ2) is 31.6. The van der Waals surface area contributed by atoms with E-state index in [-0.39, 0.29) is 73.9 Å². The summed E-state index contributed by atoms with van der Waals surface area (Å²) in [7, 11) is 5.07. The zero-order chi connectivity index (χ0) is 73.4. The summed E-state index contributed by atoms with van der Waals surface area (Å²) in [5, 5.41) is 83.8. The number of hydrogen-bond acceptors (Lipinski definition) is 22. The maximum atomic E-state index is 14.4. The van der Waals surface area contributed by atoms with Crippen LogP contribution in [0.4, 0.5) is 35.9 Å². The van der Waals surface area contributed by atoms with Crippen LogP contribution in [-0.4, -0.2) is 171 Å². The number of nitrogens with one attached hydrogen (secondary N) is 2. The van der Waals surface area contributed by atoms with Crippen molar-refractivity contribution in [1.82, 2.24) is 15.1 Å². The lowest BCUT2D eigenvalue weighted by molar-refractivity contribution is -0.384. The van der Waals surface area contributed by atoms with E-state index in [1.165, 1.54) is 94.8 Å². The SMILES string of the molecule is CN1C(=O)CN=C(c2ccccc2)c2cc([N+](=O)[O-])ccc21.CO[C@H]1/C=C/O[C@@]2(C)Oc3c(C)c(O)c4c(O)c(c(/C=N/N5CCN(C)CC5)c(O)c4c3C2=O)NC(=O)/C(C)=C\C=C\[C@H](C)[C@H](O)[C@@H](C)[C@@H](O)[C@@H](C)[C@H](OC(C)=O)[C@@H]1C.Cc1oncc1C(=O)Nc1ccc(C(F)(F)F)cc1. The lowest BCUT2D eigenvalue weighted by atomic mass is 9.78. The number of alkyl halides is 3. The second-order valence-electron chi connectivity index (χ2n) is 24.9. The monoisotopic (exact) mass is 1390 g/mol. The van der Waals surface area contributed by atoms with Crippen molar-refractivity contribution < 1.29 is 91.1 Å². The number of fused-ring (bicyclic) bond motifs is 15. The highest BCUT2D eigenvalue weighted by Gasteiger charge is 2.50. The number of non-ortho nitro benzene ring substituents is 1. The number of anilines is 3. The number of rotatable bonds is 8. The van der Waals surface area contributed by atoms with Crippen molar-refractivity contribution in [3.8, 4) is 23.0 Å². The van der Waals surface area contributed by atoms with Gasteiger partial charge in [-0.05, 0) is 64.2 Å². The number of nitrogens with zero attached hydrogens (tertiary/aromatic N) is 7. The van der Waals surface area contributed by atoms with E-state index in [9.17, 15) is 72.8 Å². The molecule has 6 heterocycles. The van der Waals surface area contributed by atoms with Gasteiger partial charge in [0.15, 0.2) is 5.75 Å². The Morgan fingerprint density at radius 3 is 2.16 bits per heavy atom. The molecule has 11 rings (SSSR count). The minimum Gasteiger partial charge on any atom is -0.507 e. The maximum absolute atomic E-state index is 14.4. The number of carbonyl (C=O) groups is 5. The zero-order valence-electron chi connectivity index (χ0n) is 57.0. The Hall–Kier alpha value is -10.5. The normalized spacial score (nSPS) is 24.2. The van der Waals surface area contributed by atoms with Crippen molar-refractivity contribution in [3.63, 3.8) is 0 Å². The molecule has 100 heavy (non-hydrogen) atoms. The predicted molar refractivity (Wildman–Crippen MR) is 365 cm³/mol. The Balaban J connectivity index is 0.000000249. The molecule has 0 saturated carbocycles. The number of benzene rings is 5. The number of aliphatic imine (C=N–C) groups is 1. The first-order valence-electron chi connectivity index (χ1n) is 31.8. The van der Waals surface area contributed by atoms with E-state index in [4.69, 9.17) is 23.5 Å². The van der Waals surface area contributed by atoms with E-state index < -0.39 is 111 Å². The minimum atomic E-state index is -4.40. The van der Waals surface area contributed by atoms with Gasteiger partial charge in [0.1, 0.15) is 41.2 Å². The van der Waals surface area contributed by atoms with Crippen LogP contribution in [0.5, 0.6) is 23.0 Å². The molecular formula is C71H80F3N9O17. The maximum Gasteiger partial charge on any atom is 0.416 e. The van der Waals surface area contributed by atoms with Gasteiger partial charge in [-0.2, -0.15) is 18.3 Å². The number of aromatic hydroxyl groups is 3. The molecule has 0 radical (unpaired) electrons. The quantitative estimate of drug-likeness (QED) is 0.0186. The van der Waals surface area contributed by atoms with E-state index >= 15 is 0 Å². The average Bonchev–Trinajstić information content (AvgIpc) is 1.48. The summed E-state index contributed by atoms with van der Waals surface area (Å²) in [6.45, 7) is 16.7. The molecule has 0 spiro atoms. The number of nitro groups is 1. The summed E-state index contributed by atoms with van der Waals surface area (Å²) in [6, 6.07) is 18.0. The van der Waals surface area contributed by atoms with Crippen molar-refractivity contribution in [2.45, 2.75) is 98.7 Å². The van der Waals surface area contributed by atoms with Gasteiger partial charge in [-0.15, -0.1) is 0 Å². The number of likely N-dealkylation sites (N-methyl/N-ethyl adjacent to an activating group) is 2. The molecule has 5 aliphatic rings. The van der Waals surface area contributed by atoms with Crippen LogP contribution in [0.2, 0.25) is 0 Å². The first-order valence-corrected chi connectivity index (χ1v) is 31.8. The van der Waals surface area contributed by atoms with Crippen molar-refractivity contribution >= 4 is 74.9 Å². The standard InChI is InChI=1S/C43H58N4O12.C16H13N3O3.C12H9F3N2O2/c1-21-12-11-13-22(2)42(55)45-33-28(20-44-47-17-15-46(9)16-18-47)37(52)30-31(38(33)53)36(51)26(6)40-32(30)41(54)43(8,59-40)57-19-14-29(56-10)23(3)39(58-27(7)48)25(5)35(50)24(4)34(21)49;1-18-14-8-7-12(19(21)22)9-13(14)16(17-10-15(18)20)11-5-3-2-4-6-11;1-7-10(6-16-19-7)11(18)17-9-4-2-8(3-5-9)12(13,14)15/h11-14,19-21,23-25,29,34-35,39,49-53H,15-18H2,1-10H3,(H,45,55);2-9H,10H2,1H3;2-6H,1H3,(H,17,18)/b12-11+,19-14+,22-13-,44-20+;;/t21-,23+,24+,25+,29-,34-,35+,39+,43-;;/m0../s1. The fraction of sp³-hybridized carbons (Fsp3) is 0.380. The zero-order valence-corrected chi connectivity index (χ0v) is 57.0. The number of aliphatic hydroxyl groups excluding tert-OH is 2. The first-order chi connectivity index (χ1) is 47.2. The van der Waals surface area contributed by atoms with Crippen molar-refractivity contribution in [3.05, 3.63) is 170 Å². The van der Waals surface area contributed by atoms with Crippen LogP contribution in [0.25, 0.3) is 10.8 Å². The summed E-state index contributed by atoms with van der Waals surface area (Å²) >= 11 is 0. The number of phenolic OH excluding ortho intramolecular Hbond substituents is 3. The van der Waals surface area contributed by atoms with E-state index in [2.05, 4.69) is 30.8 Å². The summed E-state index contributed by atoms with van der Waals surface area (Å²) in [6.07, 6.45) is 1.71. The third kappa shape index (κ3) is 16.6. The molecule has 5 bridgehead atoms. The van der Waals surface area contributed by atoms with E-state index in [1.54, 1.807) is 64.9 Å². The number of benzodiazepines with no additional fused rings is 1. The molecule has 532 valence electrons. The number of Topliss-reactive ketones (excluding diaryl/α,β-unsaturated/α-hetero) is 1. The molecule has 6 aromatic rings. The molecule has 0 unspecified atom stereocenters. The summed E-state index contributed by atoms with van der Waals surface area (Å²) in [4.78, 5) is 82.9. The highest BCUT2D eigenvalue weighted by atomic mass is 19.4. The fourth-order valence-corrected chi connectivity index (χ4v) is 11.8. The second-order valence-corrected chi connectivity index (χ2v) is 24.9. The number of allylic oxidation sites excluding steroid dienone is 2. The Bertz CT molecular complexity index is 4220. The number of hydrazone groups is 1. The Morgan fingerprint density at radius 2 is 1.55 bits per heavy atom. The Morgan fingerprint density at radius 1 is 0.880 bits per heavy atom. The number of nitro benzene ring substituents is 1. The molecule has 1 saturated heterocycles. The number of methoxy groups -OCH3 is 1. The van der Waals surface area contributed by atoms with Gasteiger partial charge in [-0.25, -0.2) is 0 Å². The third-order valence-corrected chi connectivity index (χ3v) is 17.9. The number of aromatic nitrogens is 1. The van der Waals surface area contributed by atoms with Crippen molar-refractivity contribution in [2.24, 2.45) is 33.8 Å². The van der Waals surface area contributed by atoms with Crippen LogP contribution in [0.3, 0.4) is 0 Å². The molecule has 5 aromatic carbocycles. The summed E-state index contributed by atoms with van der Waals surface area (Å²) < 4.78 is 65.4. The van der Waals surface area contributed by atoms with Gasteiger partial charge >= 0.3 is 17.9 Å². The van der Waals surface area contributed by atoms with Gasteiger partial charge in [0, 0.05) is 123 Å². The number of amides is 3. The molecule has 9 atom stereocenters. The number of carbonyl (C=O) groups excluding carboxylic acids is 5. The fourth-order valence-electron chi connectivity index (χ4n) is 11.8. The summed E-state index contributed by atoms with van der Waals surface area (Å²) in [5.41, 5.74) is 1.99. The van der Waals surface area contributed by atoms with Gasteiger partial charge < -0.3 is 69.4 Å². The number of halogens is 3. The summed E-state index contributed by atoms with van der Waals surface area (Å²) in [5.74, 6) is -8.64. The molecule has 1 fully saturated rings. The topological polar surface area (TPSA) is 351 Å². The molecule has 5 aliphatic heterocycles. The molecular weight excluding hydrogens is 1310 g/mol. The largest absolute Gasteiger partial charge is 0.507 e.